The lowest BCUT2D eigenvalue weighted by Gasteiger charge is -2.19. The van der Waals surface area contributed by atoms with Crippen molar-refractivity contribution < 1.29 is 14.3 Å². The van der Waals surface area contributed by atoms with Gasteiger partial charge in [-0.2, -0.15) is 0 Å². The molecule has 0 unspecified atom stereocenters. The van der Waals surface area contributed by atoms with Crippen molar-refractivity contribution in [2.45, 2.75) is 20.4 Å². The molecule has 0 saturated heterocycles. The van der Waals surface area contributed by atoms with Crippen LogP contribution in [0, 0.1) is 13.8 Å². The molecule has 26 heavy (non-hydrogen) atoms. The molecular weight excluding hydrogens is 356 g/mol. The van der Waals surface area contributed by atoms with Crippen LogP contribution in [-0.2, 0) is 11.3 Å². The number of halogens is 1. The summed E-state index contributed by atoms with van der Waals surface area (Å²) in [6, 6.07) is 5.34. The van der Waals surface area contributed by atoms with Crippen molar-refractivity contribution in [3.63, 3.8) is 0 Å². The number of H-pyrrole nitrogens is 1. The van der Waals surface area contributed by atoms with Crippen LogP contribution in [0.15, 0.2) is 29.1 Å². The summed E-state index contributed by atoms with van der Waals surface area (Å²) in [6.45, 7) is 4.74. The maximum Gasteiger partial charge on any atom is 0.253 e. The number of aromatic nitrogens is 1. The standard InChI is InChI=1S/C19H19ClN2O4/c1-11-7-12(2)22-19(24)14(11)10-21-17(23)4-3-13-8-15(20)18-16(9-13)25-5-6-26-18/h3-4,7-9H,5-6,10H2,1-2H3,(H,21,23)(H,22,24)/b4-3+. The maximum absolute atomic E-state index is 12.1. The van der Waals surface area contributed by atoms with Crippen molar-refractivity contribution >= 4 is 23.6 Å². The number of benzene rings is 1. The van der Waals surface area contributed by atoms with Gasteiger partial charge in [0.05, 0.1) is 5.02 Å². The second kappa shape index (κ2) is 7.66. The average Bonchev–Trinajstić information content (AvgIpc) is 2.59. The van der Waals surface area contributed by atoms with E-state index in [9.17, 15) is 9.59 Å². The summed E-state index contributed by atoms with van der Waals surface area (Å²) in [5.74, 6) is 0.773. The average molecular weight is 375 g/mol. The van der Waals surface area contributed by atoms with Crippen LogP contribution in [0.4, 0.5) is 0 Å². The Morgan fingerprint density at radius 3 is 2.81 bits per heavy atom. The van der Waals surface area contributed by atoms with Crippen LogP contribution in [0.1, 0.15) is 22.4 Å². The monoisotopic (exact) mass is 374 g/mol. The summed E-state index contributed by atoms with van der Waals surface area (Å²) in [5, 5.41) is 3.15. The van der Waals surface area contributed by atoms with Gasteiger partial charge < -0.3 is 19.8 Å². The van der Waals surface area contributed by atoms with Crippen LogP contribution in [0.2, 0.25) is 5.02 Å². The van der Waals surface area contributed by atoms with Gasteiger partial charge >= 0.3 is 0 Å². The van der Waals surface area contributed by atoms with Crippen molar-refractivity contribution in [3.8, 4) is 11.5 Å². The van der Waals surface area contributed by atoms with Gasteiger partial charge in [0.2, 0.25) is 5.91 Å². The number of fused-ring (bicyclic) bond motifs is 1. The second-order valence-corrected chi connectivity index (χ2v) is 6.43. The van der Waals surface area contributed by atoms with Crippen LogP contribution in [-0.4, -0.2) is 24.1 Å². The van der Waals surface area contributed by atoms with Gasteiger partial charge in [0, 0.05) is 23.9 Å². The van der Waals surface area contributed by atoms with E-state index in [0.29, 0.717) is 35.3 Å². The molecule has 2 N–H and O–H groups in total. The highest BCUT2D eigenvalue weighted by molar-refractivity contribution is 6.32. The SMILES string of the molecule is Cc1cc(C)c(CNC(=O)/C=C/c2cc(Cl)c3c(c2)OCCO3)c(=O)[nH]1. The summed E-state index contributed by atoms with van der Waals surface area (Å²) in [4.78, 5) is 26.7. The maximum atomic E-state index is 12.1. The molecule has 1 aromatic carbocycles. The number of hydrogen-bond acceptors (Lipinski definition) is 4. The molecule has 2 heterocycles. The fourth-order valence-corrected chi connectivity index (χ4v) is 3.01. The molecule has 0 bridgehead atoms. The second-order valence-electron chi connectivity index (χ2n) is 6.02. The van der Waals surface area contributed by atoms with E-state index in [2.05, 4.69) is 10.3 Å². The topological polar surface area (TPSA) is 80.4 Å². The molecule has 1 amide bonds. The van der Waals surface area contributed by atoms with E-state index < -0.39 is 0 Å². The predicted molar refractivity (Wildman–Crippen MR) is 99.9 cm³/mol. The van der Waals surface area contributed by atoms with E-state index in [0.717, 1.165) is 16.8 Å². The quantitative estimate of drug-likeness (QED) is 0.806. The molecule has 0 spiro atoms. The van der Waals surface area contributed by atoms with Gasteiger partial charge in [-0.15, -0.1) is 0 Å². The minimum absolute atomic E-state index is 0.159. The summed E-state index contributed by atoms with van der Waals surface area (Å²) >= 11 is 6.17. The van der Waals surface area contributed by atoms with Crippen molar-refractivity contribution in [2.75, 3.05) is 13.2 Å². The van der Waals surface area contributed by atoms with E-state index >= 15 is 0 Å². The number of aromatic amines is 1. The normalized spacial score (nSPS) is 13.0. The first kappa shape index (κ1) is 18.1. The fourth-order valence-electron chi connectivity index (χ4n) is 2.73. The van der Waals surface area contributed by atoms with E-state index in [-0.39, 0.29) is 18.0 Å². The Balaban J connectivity index is 1.67. The number of rotatable bonds is 4. The van der Waals surface area contributed by atoms with E-state index in [4.69, 9.17) is 21.1 Å². The van der Waals surface area contributed by atoms with Gasteiger partial charge in [0.15, 0.2) is 11.5 Å². The Kier molecular flexibility index (Phi) is 5.32. The number of pyridine rings is 1. The first-order valence-corrected chi connectivity index (χ1v) is 8.56. The van der Waals surface area contributed by atoms with Crippen LogP contribution in [0.25, 0.3) is 6.08 Å². The van der Waals surface area contributed by atoms with Crippen molar-refractivity contribution in [1.29, 1.82) is 0 Å². The molecule has 3 rings (SSSR count). The molecule has 1 aliphatic heterocycles. The highest BCUT2D eigenvalue weighted by Crippen LogP contribution is 2.38. The molecule has 2 aromatic rings. The Hall–Kier alpha value is -2.73. The Bertz CT molecular complexity index is 934. The Morgan fingerprint density at radius 2 is 2.04 bits per heavy atom. The molecule has 0 saturated carbocycles. The van der Waals surface area contributed by atoms with Crippen LogP contribution in [0.3, 0.4) is 0 Å². The largest absolute Gasteiger partial charge is 0.486 e. The van der Waals surface area contributed by atoms with Crippen molar-refractivity contribution in [3.05, 3.63) is 62.0 Å². The molecular formula is C19H19ClN2O4. The summed E-state index contributed by atoms with van der Waals surface area (Å²) in [6.07, 6.45) is 3.02. The van der Waals surface area contributed by atoms with Crippen LogP contribution >= 0.6 is 11.6 Å². The summed E-state index contributed by atoms with van der Waals surface area (Å²) < 4.78 is 11.0. The van der Waals surface area contributed by atoms with Crippen LogP contribution in [0.5, 0.6) is 11.5 Å². The number of hydrogen-bond donors (Lipinski definition) is 2. The van der Waals surface area contributed by atoms with Gasteiger partial charge in [-0.1, -0.05) is 11.6 Å². The highest BCUT2D eigenvalue weighted by Gasteiger charge is 2.16. The van der Waals surface area contributed by atoms with E-state index in [1.807, 2.05) is 19.9 Å². The van der Waals surface area contributed by atoms with Gasteiger partial charge in [-0.25, -0.2) is 0 Å². The summed E-state index contributed by atoms with van der Waals surface area (Å²) in [5.41, 5.74) is 2.70. The van der Waals surface area contributed by atoms with Gasteiger partial charge in [0.1, 0.15) is 13.2 Å². The zero-order valence-corrected chi connectivity index (χ0v) is 15.3. The van der Waals surface area contributed by atoms with Crippen molar-refractivity contribution in [1.82, 2.24) is 10.3 Å². The number of nitrogens with one attached hydrogen (secondary N) is 2. The third-order valence-corrected chi connectivity index (χ3v) is 4.26. The Labute approximate surface area is 155 Å². The molecule has 0 aliphatic carbocycles. The molecule has 0 radical (unpaired) electrons. The molecule has 1 aliphatic rings. The van der Waals surface area contributed by atoms with Crippen LogP contribution < -0.4 is 20.3 Å². The third-order valence-electron chi connectivity index (χ3n) is 3.98. The molecule has 7 heteroatoms. The smallest absolute Gasteiger partial charge is 0.253 e. The number of ether oxygens (including phenoxy) is 2. The van der Waals surface area contributed by atoms with E-state index in [1.54, 1.807) is 18.2 Å². The zero-order chi connectivity index (χ0) is 18.7. The number of carbonyl (C=O) groups excluding carboxylic acids is 1. The molecule has 136 valence electrons. The molecule has 6 nitrogen and oxygen atoms in total. The van der Waals surface area contributed by atoms with Gasteiger partial charge in [-0.05, 0) is 49.2 Å². The number of amides is 1. The Morgan fingerprint density at radius 1 is 1.27 bits per heavy atom. The first-order valence-electron chi connectivity index (χ1n) is 8.18. The first-order chi connectivity index (χ1) is 12.4. The lowest BCUT2D eigenvalue weighted by molar-refractivity contribution is -0.116. The molecule has 1 aromatic heterocycles. The minimum Gasteiger partial charge on any atom is -0.486 e. The summed E-state index contributed by atoms with van der Waals surface area (Å²) in [7, 11) is 0. The van der Waals surface area contributed by atoms with E-state index in [1.165, 1.54) is 6.08 Å². The zero-order valence-electron chi connectivity index (χ0n) is 14.5. The third kappa shape index (κ3) is 4.08. The number of aryl methyl sites for hydroxylation is 2. The highest BCUT2D eigenvalue weighted by atomic mass is 35.5. The van der Waals surface area contributed by atoms with Gasteiger partial charge in [0.25, 0.3) is 5.56 Å². The fraction of sp³-hybridized carbons (Fsp3) is 0.263. The lowest BCUT2D eigenvalue weighted by Crippen LogP contribution is -2.26. The van der Waals surface area contributed by atoms with Gasteiger partial charge in [-0.3, -0.25) is 9.59 Å². The van der Waals surface area contributed by atoms with Crippen molar-refractivity contribution in [2.24, 2.45) is 0 Å². The predicted octanol–water partition coefficient (Wildman–Crippen LogP) is 2.75. The molecule has 0 atom stereocenters. The minimum atomic E-state index is -0.310. The lowest BCUT2D eigenvalue weighted by atomic mass is 10.1. The molecule has 0 fully saturated rings. The number of carbonyl (C=O) groups is 1.